The van der Waals surface area contributed by atoms with Crippen LogP contribution in [0.25, 0.3) is 0 Å². The van der Waals surface area contributed by atoms with E-state index < -0.39 is 0 Å². The van der Waals surface area contributed by atoms with E-state index in [1.807, 2.05) is 0 Å². The first-order valence-corrected chi connectivity index (χ1v) is 3.43. The fourth-order valence-corrected chi connectivity index (χ4v) is 0.826. The lowest BCUT2D eigenvalue weighted by atomic mass is 10.1. The highest BCUT2D eigenvalue weighted by atomic mass is 19.1. The van der Waals surface area contributed by atoms with E-state index in [0.717, 1.165) is 0 Å². The Labute approximate surface area is 65.4 Å². The number of halogens is 1. The van der Waals surface area contributed by atoms with Gasteiger partial charge in [0.15, 0.2) is 0 Å². The molecular formula is C9H10FN. The van der Waals surface area contributed by atoms with Crippen molar-refractivity contribution in [2.24, 2.45) is 0 Å². The highest BCUT2D eigenvalue weighted by molar-refractivity contribution is 5.96. The van der Waals surface area contributed by atoms with Gasteiger partial charge >= 0.3 is 0 Å². The minimum Gasteiger partial charge on any atom is -0.305 e. The van der Waals surface area contributed by atoms with Gasteiger partial charge in [-0.05, 0) is 31.0 Å². The summed E-state index contributed by atoms with van der Waals surface area (Å²) in [5, 5.41) is 7.24. The largest absolute Gasteiger partial charge is 0.305 e. The van der Waals surface area contributed by atoms with Crippen LogP contribution in [0.15, 0.2) is 18.2 Å². The van der Waals surface area contributed by atoms with E-state index in [1.165, 1.54) is 6.07 Å². The second-order valence-electron chi connectivity index (χ2n) is 2.59. The monoisotopic (exact) mass is 151 g/mol. The Balaban J connectivity index is 3.15. The normalized spacial score (nSPS) is 9.73. The summed E-state index contributed by atoms with van der Waals surface area (Å²) in [6, 6.07) is 4.82. The highest BCUT2D eigenvalue weighted by Crippen LogP contribution is 2.09. The van der Waals surface area contributed by atoms with Crippen LogP contribution in [-0.4, -0.2) is 5.71 Å². The van der Waals surface area contributed by atoms with Gasteiger partial charge in [-0.15, -0.1) is 0 Å². The molecule has 11 heavy (non-hydrogen) atoms. The van der Waals surface area contributed by atoms with E-state index in [4.69, 9.17) is 5.41 Å². The number of rotatable bonds is 1. The topological polar surface area (TPSA) is 23.9 Å². The molecule has 1 aromatic carbocycles. The molecule has 0 radical (unpaired) electrons. The van der Waals surface area contributed by atoms with Gasteiger partial charge in [0, 0.05) is 5.71 Å². The third kappa shape index (κ3) is 1.64. The Hall–Kier alpha value is -1.18. The molecule has 0 fully saturated rings. The lowest BCUT2D eigenvalue weighted by molar-refractivity contribution is 0.618. The minimum atomic E-state index is -0.242. The van der Waals surface area contributed by atoms with Crippen molar-refractivity contribution in [3.05, 3.63) is 35.1 Å². The summed E-state index contributed by atoms with van der Waals surface area (Å²) in [5.41, 5.74) is 1.66. The van der Waals surface area contributed by atoms with E-state index in [2.05, 4.69) is 0 Å². The van der Waals surface area contributed by atoms with Crippen LogP contribution in [0.2, 0.25) is 0 Å². The molecule has 0 aliphatic carbocycles. The molecule has 0 heterocycles. The van der Waals surface area contributed by atoms with Crippen LogP contribution < -0.4 is 0 Å². The maximum atomic E-state index is 12.8. The standard InChI is InChI=1S/C9H10FN/c1-6-3-4-8(7(2)11)5-9(6)10/h3-5,11H,1-2H3. The highest BCUT2D eigenvalue weighted by Gasteiger charge is 1.99. The molecule has 1 rings (SSSR count). The van der Waals surface area contributed by atoms with Crippen LogP contribution in [0, 0.1) is 18.2 Å². The molecule has 0 aliphatic rings. The second-order valence-corrected chi connectivity index (χ2v) is 2.59. The van der Waals surface area contributed by atoms with Crippen LogP contribution in [-0.2, 0) is 0 Å². The number of hydrogen-bond acceptors (Lipinski definition) is 1. The average molecular weight is 151 g/mol. The SMILES string of the molecule is CC(=N)c1ccc(C)c(F)c1. The lowest BCUT2D eigenvalue weighted by Crippen LogP contribution is -1.93. The van der Waals surface area contributed by atoms with Crippen LogP contribution in [0.3, 0.4) is 0 Å². The van der Waals surface area contributed by atoms with E-state index >= 15 is 0 Å². The number of benzene rings is 1. The number of nitrogens with one attached hydrogen (secondary N) is 1. The van der Waals surface area contributed by atoms with Gasteiger partial charge in [-0.1, -0.05) is 12.1 Å². The summed E-state index contributed by atoms with van der Waals surface area (Å²) in [5.74, 6) is -0.242. The van der Waals surface area contributed by atoms with Crippen LogP contribution >= 0.6 is 0 Å². The molecule has 0 saturated carbocycles. The number of hydrogen-bond donors (Lipinski definition) is 1. The molecule has 0 aliphatic heterocycles. The predicted octanol–water partition coefficient (Wildman–Crippen LogP) is 2.52. The first kappa shape index (κ1) is 7.92. The van der Waals surface area contributed by atoms with Crippen LogP contribution in [0.1, 0.15) is 18.1 Å². The maximum absolute atomic E-state index is 12.8. The molecular weight excluding hydrogens is 141 g/mol. The molecule has 58 valence electrons. The van der Waals surface area contributed by atoms with Crippen molar-refractivity contribution in [1.29, 1.82) is 5.41 Å². The molecule has 1 nitrogen and oxygen atoms in total. The van der Waals surface area contributed by atoms with Gasteiger partial charge in [-0.25, -0.2) is 4.39 Å². The zero-order chi connectivity index (χ0) is 8.43. The smallest absolute Gasteiger partial charge is 0.126 e. The van der Waals surface area contributed by atoms with Crippen molar-refractivity contribution in [2.75, 3.05) is 0 Å². The van der Waals surface area contributed by atoms with Crippen molar-refractivity contribution in [1.82, 2.24) is 0 Å². The van der Waals surface area contributed by atoms with Crippen molar-refractivity contribution in [3.63, 3.8) is 0 Å². The zero-order valence-electron chi connectivity index (χ0n) is 6.61. The zero-order valence-corrected chi connectivity index (χ0v) is 6.61. The van der Waals surface area contributed by atoms with Gasteiger partial charge in [-0.3, -0.25) is 0 Å². The molecule has 0 saturated heterocycles. The van der Waals surface area contributed by atoms with Crippen molar-refractivity contribution in [2.45, 2.75) is 13.8 Å². The molecule has 1 aromatic rings. The summed E-state index contributed by atoms with van der Waals surface area (Å²) < 4.78 is 12.8. The van der Waals surface area contributed by atoms with Crippen molar-refractivity contribution in [3.8, 4) is 0 Å². The molecule has 0 atom stereocenters. The first-order chi connectivity index (χ1) is 5.11. The van der Waals surface area contributed by atoms with Gasteiger partial charge < -0.3 is 5.41 Å². The Bertz CT molecular complexity index is 292. The van der Waals surface area contributed by atoms with Crippen molar-refractivity contribution < 1.29 is 4.39 Å². The molecule has 0 unspecified atom stereocenters. The van der Waals surface area contributed by atoms with Crippen molar-refractivity contribution >= 4 is 5.71 Å². The summed E-state index contributed by atoms with van der Waals surface area (Å²) in [6.07, 6.45) is 0. The summed E-state index contributed by atoms with van der Waals surface area (Å²) in [6.45, 7) is 3.35. The van der Waals surface area contributed by atoms with Crippen LogP contribution in [0.5, 0.6) is 0 Å². The summed E-state index contributed by atoms with van der Waals surface area (Å²) in [7, 11) is 0. The molecule has 0 aromatic heterocycles. The van der Waals surface area contributed by atoms with E-state index in [9.17, 15) is 4.39 Å². The Morgan fingerprint density at radius 3 is 2.55 bits per heavy atom. The Morgan fingerprint density at radius 2 is 2.09 bits per heavy atom. The molecule has 0 amide bonds. The Kier molecular flexibility index (Phi) is 2.03. The lowest BCUT2D eigenvalue weighted by Gasteiger charge is -1.99. The summed E-state index contributed by atoms with van der Waals surface area (Å²) in [4.78, 5) is 0. The third-order valence-electron chi connectivity index (χ3n) is 1.60. The fourth-order valence-electron chi connectivity index (χ4n) is 0.826. The fraction of sp³-hybridized carbons (Fsp3) is 0.222. The van der Waals surface area contributed by atoms with Gasteiger partial charge in [0.25, 0.3) is 0 Å². The quantitative estimate of drug-likeness (QED) is 0.596. The first-order valence-electron chi connectivity index (χ1n) is 3.43. The van der Waals surface area contributed by atoms with E-state index in [0.29, 0.717) is 16.8 Å². The predicted molar refractivity (Wildman–Crippen MR) is 43.6 cm³/mol. The third-order valence-corrected chi connectivity index (χ3v) is 1.60. The molecule has 2 heteroatoms. The van der Waals surface area contributed by atoms with Gasteiger partial charge in [0.05, 0.1) is 0 Å². The van der Waals surface area contributed by atoms with Gasteiger partial charge in [-0.2, -0.15) is 0 Å². The second kappa shape index (κ2) is 2.82. The van der Waals surface area contributed by atoms with E-state index in [-0.39, 0.29) is 5.82 Å². The summed E-state index contributed by atoms with van der Waals surface area (Å²) >= 11 is 0. The molecule has 0 spiro atoms. The average Bonchev–Trinajstić information content (AvgIpc) is 1.94. The van der Waals surface area contributed by atoms with Gasteiger partial charge in [0.2, 0.25) is 0 Å². The molecule has 0 bridgehead atoms. The number of aryl methyl sites for hydroxylation is 1. The van der Waals surface area contributed by atoms with Gasteiger partial charge in [0.1, 0.15) is 5.82 Å². The Morgan fingerprint density at radius 1 is 1.45 bits per heavy atom. The van der Waals surface area contributed by atoms with Crippen LogP contribution in [0.4, 0.5) is 4.39 Å². The maximum Gasteiger partial charge on any atom is 0.126 e. The van der Waals surface area contributed by atoms with E-state index in [1.54, 1.807) is 26.0 Å². The molecule has 1 N–H and O–H groups in total. The minimum absolute atomic E-state index is 0.242.